The van der Waals surface area contributed by atoms with Crippen molar-refractivity contribution in [3.05, 3.63) is 0 Å². The van der Waals surface area contributed by atoms with Crippen LogP contribution < -0.4 is 0 Å². The van der Waals surface area contributed by atoms with Gasteiger partial charge in [0, 0.05) is 6.04 Å². The normalized spacial score (nSPS) is 14.5. The number of carbonyl (C=O) groups is 2. The lowest BCUT2D eigenvalue weighted by molar-refractivity contribution is -0.149. The maximum atomic E-state index is 11.2. The van der Waals surface area contributed by atoms with E-state index in [1.165, 1.54) is 14.2 Å². The highest BCUT2D eigenvalue weighted by Crippen LogP contribution is 2.10. The Morgan fingerprint density at radius 1 is 1.20 bits per heavy atom. The summed E-state index contributed by atoms with van der Waals surface area (Å²) < 4.78 is 9.17. The van der Waals surface area contributed by atoms with E-state index in [1.807, 2.05) is 6.92 Å². The molecule has 0 saturated carbocycles. The fourth-order valence-electron chi connectivity index (χ4n) is 1.18. The quantitative estimate of drug-likeness (QED) is 0.619. The fourth-order valence-corrected chi connectivity index (χ4v) is 1.18. The molecular formula is C10H19NO4. The molecule has 88 valence electrons. The molecule has 2 unspecified atom stereocenters. The zero-order valence-electron chi connectivity index (χ0n) is 9.94. The second-order valence-electron chi connectivity index (χ2n) is 3.54. The molecule has 0 aliphatic carbocycles. The molecular weight excluding hydrogens is 198 g/mol. The number of esters is 2. The standard InChI is InChI=1S/C10H19NO4/c1-7(10(13)15-5)8(2)11(3)6-9(12)14-4/h7-8H,6H2,1-5H3. The van der Waals surface area contributed by atoms with Crippen molar-refractivity contribution in [2.45, 2.75) is 19.9 Å². The second kappa shape index (κ2) is 6.40. The van der Waals surface area contributed by atoms with Gasteiger partial charge in [-0.2, -0.15) is 0 Å². The van der Waals surface area contributed by atoms with Crippen molar-refractivity contribution in [3.63, 3.8) is 0 Å². The van der Waals surface area contributed by atoms with Crippen molar-refractivity contribution in [2.75, 3.05) is 27.8 Å². The van der Waals surface area contributed by atoms with E-state index in [2.05, 4.69) is 9.47 Å². The molecule has 0 saturated heterocycles. The number of likely N-dealkylation sites (N-methyl/N-ethyl adjacent to an activating group) is 1. The maximum Gasteiger partial charge on any atom is 0.319 e. The Hall–Kier alpha value is -1.10. The molecule has 0 aromatic heterocycles. The van der Waals surface area contributed by atoms with Crippen LogP contribution in [0.1, 0.15) is 13.8 Å². The second-order valence-corrected chi connectivity index (χ2v) is 3.54. The number of ether oxygens (including phenoxy) is 2. The Kier molecular flexibility index (Phi) is 5.93. The Morgan fingerprint density at radius 3 is 2.13 bits per heavy atom. The van der Waals surface area contributed by atoms with E-state index in [4.69, 9.17) is 0 Å². The molecule has 15 heavy (non-hydrogen) atoms. The van der Waals surface area contributed by atoms with Gasteiger partial charge in [-0.05, 0) is 14.0 Å². The van der Waals surface area contributed by atoms with E-state index in [0.717, 1.165) is 0 Å². The van der Waals surface area contributed by atoms with Crippen molar-refractivity contribution in [1.82, 2.24) is 4.90 Å². The summed E-state index contributed by atoms with van der Waals surface area (Å²) in [4.78, 5) is 24.0. The summed E-state index contributed by atoms with van der Waals surface area (Å²) in [5, 5.41) is 0. The van der Waals surface area contributed by atoms with Gasteiger partial charge in [-0.25, -0.2) is 0 Å². The van der Waals surface area contributed by atoms with Crippen LogP contribution in [0.4, 0.5) is 0 Å². The summed E-state index contributed by atoms with van der Waals surface area (Å²) in [7, 11) is 4.46. The molecule has 0 aromatic carbocycles. The first kappa shape index (κ1) is 13.9. The lowest BCUT2D eigenvalue weighted by Crippen LogP contribution is -2.41. The van der Waals surface area contributed by atoms with Crippen LogP contribution >= 0.6 is 0 Å². The summed E-state index contributed by atoms with van der Waals surface area (Å²) >= 11 is 0. The number of hydrogen-bond donors (Lipinski definition) is 0. The minimum absolute atomic E-state index is 0.0726. The Morgan fingerprint density at radius 2 is 1.73 bits per heavy atom. The van der Waals surface area contributed by atoms with Gasteiger partial charge < -0.3 is 9.47 Å². The van der Waals surface area contributed by atoms with Gasteiger partial charge in [-0.1, -0.05) is 6.92 Å². The number of rotatable bonds is 5. The van der Waals surface area contributed by atoms with Crippen LogP contribution in [0.3, 0.4) is 0 Å². The van der Waals surface area contributed by atoms with E-state index in [-0.39, 0.29) is 30.4 Å². The van der Waals surface area contributed by atoms with Crippen molar-refractivity contribution < 1.29 is 19.1 Å². The fraction of sp³-hybridized carbons (Fsp3) is 0.800. The van der Waals surface area contributed by atoms with Crippen molar-refractivity contribution in [1.29, 1.82) is 0 Å². The molecule has 5 nitrogen and oxygen atoms in total. The Bertz CT molecular complexity index is 229. The molecule has 0 heterocycles. The third kappa shape index (κ3) is 4.29. The number of methoxy groups -OCH3 is 2. The first-order valence-corrected chi connectivity index (χ1v) is 4.78. The monoisotopic (exact) mass is 217 g/mol. The predicted octanol–water partition coefficient (Wildman–Crippen LogP) is 0.289. The zero-order valence-corrected chi connectivity index (χ0v) is 9.94. The van der Waals surface area contributed by atoms with Gasteiger partial charge in [-0.15, -0.1) is 0 Å². The van der Waals surface area contributed by atoms with Crippen LogP contribution in [0.2, 0.25) is 0 Å². The summed E-state index contributed by atoms with van der Waals surface area (Å²) in [5.74, 6) is -0.870. The van der Waals surface area contributed by atoms with Crippen LogP contribution in [-0.4, -0.2) is 50.7 Å². The van der Waals surface area contributed by atoms with Crippen LogP contribution in [0.25, 0.3) is 0 Å². The molecule has 0 aliphatic rings. The molecule has 0 radical (unpaired) electrons. The summed E-state index contributed by atoms with van der Waals surface area (Å²) in [6.07, 6.45) is 0. The number of nitrogens with zero attached hydrogens (tertiary/aromatic N) is 1. The van der Waals surface area contributed by atoms with Gasteiger partial charge in [0.25, 0.3) is 0 Å². The molecule has 0 rings (SSSR count). The molecule has 0 aromatic rings. The molecule has 2 atom stereocenters. The lowest BCUT2D eigenvalue weighted by atomic mass is 10.0. The molecule has 5 heteroatoms. The predicted molar refractivity (Wildman–Crippen MR) is 55.3 cm³/mol. The van der Waals surface area contributed by atoms with E-state index >= 15 is 0 Å². The summed E-state index contributed by atoms with van der Waals surface area (Å²) in [5.41, 5.74) is 0. The van der Waals surface area contributed by atoms with E-state index < -0.39 is 0 Å². The van der Waals surface area contributed by atoms with Crippen LogP contribution in [0.15, 0.2) is 0 Å². The van der Waals surface area contributed by atoms with Gasteiger partial charge in [0.1, 0.15) is 0 Å². The Balaban J connectivity index is 4.24. The van der Waals surface area contributed by atoms with Crippen LogP contribution in [0, 0.1) is 5.92 Å². The largest absolute Gasteiger partial charge is 0.469 e. The summed E-state index contributed by atoms with van der Waals surface area (Å²) in [6.45, 7) is 3.80. The first-order valence-electron chi connectivity index (χ1n) is 4.78. The van der Waals surface area contributed by atoms with Gasteiger partial charge in [0.2, 0.25) is 0 Å². The van der Waals surface area contributed by atoms with Gasteiger partial charge in [0.05, 0.1) is 26.7 Å². The average molecular weight is 217 g/mol. The molecule has 0 spiro atoms. The van der Waals surface area contributed by atoms with Crippen LogP contribution in [0.5, 0.6) is 0 Å². The molecule has 0 fully saturated rings. The lowest BCUT2D eigenvalue weighted by Gasteiger charge is -2.27. The van der Waals surface area contributed by atoms with E-state index in [9.17, 15) is 9.59 Å². The highest BCUT2D eigenvalue weighted by molar-refractivity contribution is 5.73. The highest BCUT2D eigenvalue weighted by Gasteiger charge is 2.25. The van der Waals surface area contributed by atoms with Crippen LogP contribution in [-0.2, 0) is 19.1 Å². The van der Waals surface area contributed by atoms with Gasteiger partial charge in [0.15, 0.2) is 0 Å². The van der Waals surface area contributed by atoms with E-state index in [1.54, 1.807) is 18.9 Å². The first-order chi connectivity index (χ1) is 6.93. The van der Waals surface area contributed by atoms with Gasteiger partial charge >= 0.3 is 11.9 Å². The molecule has 0 amide bonds. The zero-order chi connectivity index (χ0) is 12.0. The van der Waals surface area contributed by atoms with Crippen molar-refractivity contribution in [2.24, 2.45) is 5.92 Å². The Labute approximate surface area is 90.3 Å². The number of carbonyl (C=O) groups excluding carboxylic acids is 2. The van der Waals surface area contributed by atoms with Crippen molar-refractivity contribution in [3.8, 4) is 0 Å². The molecule has 0 aliphatic heterocycles. The minimum Gasteiger partial charge on any atom is -0.469 e. The highest BCUT2D eigenvalue weighted by atomic mass is 16.5. The topological polar surface area (TPSA) is 55.8 Å². The van der Waals surface area contributed by atoms with Gasteiger partial charge in [-0.3, -0.25) is 14.5 Å². The molecule has 0 bridgehead atoms. The molecule has 0 N–H and O–H groups in total. The third-order valence-electron chi connectivity index (χ3n) is 2.60. The van der Waals surface area contributed by atoms with Crippen molar-refractivity contribution >= 4 is 11.9 Å². The number of hydrogen-bond acceptors (Lipinski definition) is 5. The third-order valence-corrected chi connectivity index (χ3v) is 2.60. The maximum absolute atomic E-state index is 11.2. The minimum atomic E-state index is -0.318. The SMILES string of the molecule is COC(=O)CN(C)C(C)C(C)C(=O)OC. The summed E-state index contributed by atoms with van der Waals surface area (Å²) in [6, 6.07) is -0.0726. The smallest absolute Gasteiger partial charge is 0.319 e. The average Bonchev–Trinajstić information content (AvgIpc) is 2.25. The van der Waals surface area contributed by atoms with E-state index in [0.29, 0.717) is 0 Å².